The summed E-state index contributed by atoms with van der Waals surface area (Å²) in [5.41, 5.74) is 9.08. The average Bonchev–Trinajstić information content (AvgIpc) is 2.95. The van der Waals surface area contributed by atoms with Gasteiger partial charge in [-0.15, -0.1) is 0 Å². The molecule has 2 aromatic rings. The van der Waals surface area contributed by atoms with E-state index >= 15 is 0 Å². The van der Waals surface area contributed by atoms with Crippen molar-refractivity contribution in [1.82, 2.24) is 15.3 Å². The molecule has 1 aliphatic rings. The summed E-state index contributed by atoms with van der Waals surface area (Å²) in [4.78, 5) is 11.0. The monoisotopic (exact) mass is 283 g/mol. The van der Waals surface area contributed by atoms with Crippen LogP contribution in [0.2, 0.25) is 0 Å². The molecule has 0 spiro atoms. The van der Waals surface area contributed by atoms with E-state index in [4.69, 9.17) is 5.73 Å². The molecule has 0 radical (unpaired) electrons. The lowest BCUT2D eigenvalue weighted by molar-refractivity contribution is 0.616. The van der Waals surface area contributed by atoms with E-state index in [0.29, 0.717) is 12.0 Å². The quantitative estimate of drug-likeness (QED) is 0.899. The molecule has 0 saturated carbocycles. The number of benzene rings is 1. The Morgan fingerprint density at radius 3 is 2.86 bits per heavy atom. The topological polar surface area (TPSA) is 67.1 Å². The van der Waals surface area contributed by atoms with E-state index in [1.54, 1.807) is 0 Å². The predicted molar refractivity (Wildman–Crippen MR) is 86.3 cm³/mol. The highest BCUT2D eigenvalue weighted by molar-refractivity contribution is 5.65. The van der Waals surface area contributed by atoms with Crippen molar-refractivity contribution in [2.75, 3.05) is 30.8 Å². The summed E-state index contributed by atoms with van der Waals surface area (Å²) in [5.74, 6) is 1.24. The third-order valence-corrected chi connectivity index (χ3v) is 3.96. The first-order chi connectivity index (χ1) is 10.2. The van der Waals surface area contributed by atoms with E-state index in [1.807, 2.05) is 19.2 Å². The van der Waals surface area contributed by atoms with E-state index < -0.39 is 0 Å². The molecule has 1 saturated heterocycles. The molecule has 1 unspecified atom stereocenters. The van der Waals surface area contributed by atoms with Crippen LogP contribution in [0, 0.1) is 6.92 Å². The van der Waals surface area contributed by atoms with E-state index in [9.17, 15) is 0 Å². The molecule has 0 bridgehead atoms. The maximum Gasteiger partial charge on any atom is 0.222 e. The Morgan fingerprint density at radius 2 is 2.14 bits per heavy atom. The summed E-state index contributed by atoms with van der Waals surface area (Å²) in [5, 5.41) is 3.32. The Hall–Kier alpha value is -2.14. The van der Waals surface area contributed by atoms with Crippen molar-refractivity contribution in [2.24, 2.45) is 0 Å². The van der Waals surface area contributed by atoms with E-state index in [2.05, 4.69) is 45.3 Å². The van der Waals surface area contributed by atoms with Crippen molar-refractivity contribution in [3.63, 3.8) is 0 Å². The fourth-order valence-electron chi connectivity index (χ4n) is 2.77. The van der Waals surface area contributed by atoms with Crippen molar-refractivity contribution in [3.05, 3.63) is 35.9 Å². The number of hydrogen-bond acceptors (Lipinski definition) is 5. The number of aromatic nitrogens is 2. The van der Waals surface area contributed by atoms with Gasteiger partial charge in [-0.25, -0.2) is 4.98 Å². The van der Waals surface area contributed by atoms with Crippen molar-refractivity contribution in [3.8, 4) is 11.3 Å². The molecule has 5 heteroatoms. The normalized spacial score (nSPS) is 18.2. The van der Waals surface area contributed by atoms with Crippen LogP contribution in [0.15, 0.2) is 30.3 Å². The summed E-state index contributed by atoms with van der Waals surface area (Å²) in [6.07, 6.45) is 1.13. The lowest BCUT2D eigenvalue weighted by atomic mass is 10.1. The van der Waals surface area contributed by atoms with Crippen LogP contribution in [0.3, 0.4) is 0 Å². The molecule has 5 nitrogen and oxygen atoms in total. The maximum atomic E-state index is 5.91. The van der Waals surface area contributed by atoms with E-state index in [-0.39, 0.29) is 0 Å². The van der Waals surface area contributed by atoms with E-state index in [0.717, 1.165) is 36.6 Å². The number of likely N-dealkylation sites (N-methyl/N-ethyl adjacent to an activating group) is 1. The minimum absolute atomic E-state index is 0.330. The molecular weight excluding hydrogens is 262 g/mol. The van der Waals surface area contributed by atoms with Gasteiger partial charge in [-0.3, -0.25) is 0 Å². The number of anilines is 2. The minimum atomic E-state index is 0.330. The molecule has 3 N–H and O–H groups in total. The van der Waals surface area contributed by atoms with Gasteiger partial charge in [-0.05, 0) is 26.5 Å². The van der Waals surface area contributed by atoms with Crippen LogP contribution < -0.4 is 16.0 Å². The van der Waals surface area contributed by atoms with Gasteiger partial charge >= 0.3 is 0 Å². The standard InChI is InChI=1S/C16H21N5/c1-11-4-3-5-12(8-11)14-9-15(20-16(17)19-14)21-7-6-13(10-21)18-2/h3-5,8-9,13,18H,6-7,10H2,1-2H3,(H2,17,19,20). The highest BCUT2D eigenvalue weighted by Gasteiger charge is 2.22. The Kier molecular flexibility index (Phi) is 3.75. The van der Waals surface area contributed by atoms with E-state index in [1.165, 1.54) is 5.56 Å². The van der Waals surface area contributed by atoms with Gasteiger partial charge in [0.2, 0.25) is 5.95 Å². The number of nitrogens with two attached hydrogens (primary N) is 1. The molecule has 0 amide bonds. The molecule has 1 aromatic carbocycles. The molecule has 1 fully saturated rings. The Labute approximate surface area is 125 Å². The third kappa shape index (κ3) is 2.97. The Bertz CT molecular complexity index is 640. The SMILES string of the molecule is CNC1CCN(c2cc(-c3cccc(C)c3)nc(N)n2)C1. The van der Waals surface area contributed by atoms with Gasteiger partial charge in [0.1, 0.15) is 5.82 Å². The second-order valence-electron chi connectivity index (χ2n) is 5.56. The fraction of sp³-hybridized carbons (Fsp3) is 0.375. The fourth-order valence-corrected chi connectivity index (χ4v) is 2.77. The second-order valence-corrected chi connectivity index (χ2v) is 5.56. The lowest BCUT2D eigenvalue weighted by Gasteiger charge is -2.18. The van der Waals surface area contributed by atoms with Crippen LogP contribution in [0.4, 0.5) is 11.8 Å². The van der Waals surface area contributed by atoms with Crippen LogP contribution >= 0.6 is 0 Å². The molecule has 3 rings (SSSR count). The highest BCUT2D eigenvalue weighted by Crippen LogP contribution is 2.25. The second kappa shape index (κ2) is 5.69. The van der Waals surface area contributed by atoms with Gasteiger partial charge in [-0.1, -0.05) is 23.8 Å². The lowest BCUT2D eigenvalue weighted by Crippen LogP contribution is -2.30. The zero-order chi connectivity index (χ0) is 14.8. The zero-order valence-corrected chi connectivity index (χ0v) is 12.5. The van der Waals surface area contributed by atoms with Gasteiger partial charge in [0.25, 0.3) is 0 Å². The molecule has 0 aliphatic carbocycles. The number of hydrogen-bond donors (Lipinski definition) is 2. The predicted octanol–water partition coefficient (Wildman–Crippen LogP) is 1.83. The number of aryl methyl sites for hydroxylation is 1. The summed E-state index contributed by atoms with van der Waals surface area (Å²) >= 11 is 0. The van der Waals surface area contributed by atoms with Crippen molar-refractivity contribution < 1.29 is 0 Å². The van der Waals surface area contributed by atoms with Crippen LogP contribution in [-0.4, -0.2) is 36.1 Å². The van der Waals surface area contributed by atoms with Crippen molar-refractivity contribution >= 4 is 11.8 Å². The number of rotatable bonds is 3. The molecule has 21 heavy (non-hydrogen) atoms. The summed E-state index contributed by atoms with van der Waals surface area (Å²) < 4.78 is 0. The third-order valence-electron chi connectivity index (χ3n) is 3.96. The number of nitrogens with one attached hydrogen (secondary N) is 1. The van der Waals surface area contributed by atoms with Gasteiger partial charge in [0.15, 0.2) is 0 Å². The van der Waals surface area contributed by atoms with Crippen LogP contribution in [-0.2, 0) is 0 Å². The largest absolute Gasteiger partial charge is 0.368 e. The van der Waals surface area contributed by atoms with Gasteiger partial charge in [0, 0.05) is 30.8 Å². The first-order valence-electron chi connectivity index (χ1n) is 7.29. The molecule has 110 valence electrons. The highest BCUT2D eigenvalue weighted by atomic mass is 15.2. The van der Waals surface area contributed by atoms with Gasteiger partial charge < -0.3 is 16.0 Å². The summed E-state index contributed by atoms with van der Waals surface area (Å²) in [6.45, 7) is 4.03. The molecule has 1 aliphatic heterocycles. The minimum Gasteiger partial charge on any atom is -0.368 e. The summed E-state index contributed by atoms with van der Waals surface area (Å²) in [6, 6.07) is 10.8. The van der Waals surface area contributed by atoms with Crippen molar-refractivity contribution in [1.29, 1.82) is 0 Å². The van der Waals surface area contributed by atoms with Gasteiger partial charge in [0.05, 0.1) is 5.69 Å². The molecule has 1 aromatic heterocycles. The average molecular weight is 283 g/mol. The van der Waals surface area contributed by atoms with Crippen LogP contribution in [0.25, 0.3) is 11.3 Å². The Balaban J connectivity index is 1.93. The Morgan fingerprint density at radius 1 is 1.29 bits per heavy atom. The first-order valence-corrected chi connectivity index (χ1v) is 7.29. The summed E-state index contributed by atoms with van der Waals surface area (Å²) in [7, 11) is 2.00. The smallest absolute Gasteiger partial charge is 0.222 e. The maximum absolute atomic E-state index is 5.91. The van der Waals surface area contributed by atoms with Crippen LogP contribution in [0.5, 0.6) is 0 Å². The zero-order valence-electron chi connectivity index (χ0n) is 12.5. The van der Waals surface area contributed by atoms with Crippen LogP contribution in [0.1, 0.15) is 12.0 Å². The van der Waals surface area contributed by atoms with Gasteiger partial charge in [-0.2, -0.15) is 4.98 Å². The molecule has 2 heterocycles. The first kappa shape index (κ1) is 13.8. The molecule has 1 atom stereocenters. The number of nitrogens with zero attached hydrogens (tertiary/aromatic N) is 3. The van der Waals surface area contributed by atoms with Crippen molar-refractivity contribution in [2.45, 2.75) is 19.4 Å². The molecular formula is C16H21N5. The number of nitrogen functional groups attached to an aromatic ring is 1.